The van der Waals surface area contributed by atoms with Crippen LogP contribution in [0, 0.1) is 5.82 Å². The quantitative estimate of drug-likeness (QED) is 0.670. The number of ketones is 1. The summed E-state index contributed by atoms with van der Waals surface area (Å²) in [5, 5.41) is 0. The van der Waals surface area contributed by atoms with Crippen LogP contribution in [0.4, 0.5) is 10.1 Å². The maximum Gasteiger partial charge on any atom is 0.205 e. The van der Waals surface area contributed by atoms with E-state index in [1.165, 1.54) is 29.5 Å². The van der Waals surface area contributed by atoms with Crippen LogP contribution in [0.5, 0.6) is 0 Å². The van der Waals surface area contributed by atoms with Gasteiger partial charge in [0, 0.05) is 10.6 Å². The average molecular weight is 249 g/mol. The Bertz CT molecular complexity index is 562. The summed E-state index contributed by atoms with van der Waals surface area (Å²) >= 11 is 1.40. The van der Waals surface area contributed by atoms with Crippen molar-refractivity contribution >= 4 is 22.8 Å². The number of benzene rings is 1. The van der Waals surface area contributed by atoms with Crippen molar-refractivity contribution in [3.63, 3.8) is 0 Å². The van der Waals surface area contributed by atoms with Crippen molar-refractivity contribution in [2.75, 3.05) is 5.73 Å². The topological polar surface area (TPSA) is 43.1 Å². The predicted molar refractivity (Wildman–Crippen MR) is 67.9 cm³/mol. The van der Waals surface area contributed by atoms with E-state index >= 15 is 0 Å². The van der Waals surface area contributed by atoms with E-state index in [1.807, 2.05) is 13.0 Å². The zero-order valence-electron chi connectivity index (χ0n) is 9.37. The van der Waals surface area contributed by atoms with Gasteiger partial charge in [-0.05, 0) is 36.8 Å². The highest BCUT2D eigenvalue weighted by Gasteiger charge is 2.15. The van der Waals surface area contributed by atoms with Gasteiger partial charge < -0.3 is 5.73 Å². The second kappa shape index (κ2) is 4.67. The maximum absolute atomic E-state index is 13.6. The lowest BCUT2D eigenvalue weighted by Gasteiger charge is -2.01. The minimum Gasteiger partial charge on any atom is -0.399 e. The second-order valence-electron chi connectivity index (χ2n) is 3.69. The number of anilines is 1. The molecule has 0 spiro atoms. The Balaban J connectivity index is 2.36. The number of carbonyl (C=O) groups excluding carboxylic acids is 1. The number of hydrogen-bond donors (Lipinski definition) is 1. The van der Waals surface area contributed by atoms with Crippen molar-refractivity contribution in [1.29, 1.82) is 0 Å². The molecular weight excluding hydrogens is 237 g/mol. The van der Waals surface area contributed by atoms with E-state index in [0.29, 0.717) is 10.6 Å². The highest BCUT2D eigenvalue weighted by molar-refractivity contribution is 7.14. The molecule has 0 radical (unpaired) electrons. The molecule has 0 fully saturated rings. The van der Waals surface area contributed by atoms with Gasteiger partial charge in [0.1, 0.15) is 5.82 Å². The summed E-state index contributed by atoms with van der Waals surface area (Å²) in [7, 11) is 0. The first-order valence-electron chi connectivity index (χ1n) is 5.30. The van der Waals surface area contributed by atoms with Crippen LogP contribution in [0.1, 0.15) is 27.0 Å². The lowest BCUT2D eigenvalue weighted by atomic mass is 10.1. The van der Waals surface area contributed by atoms with E-state index in [2.05, 4.69) is 0 Å². The van der Waals surface area contributed by atoms with Gasteiger partial charge in [0.15, 0.2) is 0 Å². The molecule has 0 aliphatic rings. The van der Waals surface area contributed by atoms with Gasteiger partial charge in [0.2, 0.25) is 5.78 Å². The number of nitrogens with two attached hydrogens (primary N) is 1. The zero-order chi connectivity index (χ0) is 12.4. The molecule has 0 saturated carbocycles. The molecule has 0 unspecified atom stereocenters. The van der Waals surface area contributed by atoms with Crippen LogP contribution in [-0.2, 0) is 6.42 Å². The Morgan fingerprint density at radius 2 is 2.12 bits per heavy atom. The van der Waals surface area contributed by atoms with E-state index in [1.54, 1.807) is 6.07 Å². The molecular formula is C13H12FNOS. The third kappa shape index (κ3) is 2.36. The van der Waals surface area contributed by atoms with Crippen LogP contribution in [0.3, 0.4) is 0 Å². The van der Waals surface area contributed by atoms with Gasteiger partial charge in [-0.1, -0.05) is 6.92 Å². The van der Waals surface area contributed by atoms with Crippen LogP contribution in [0.2, 0.25) is 0 Å². The van der Waals surface area contributed by atoms with Crippen molar-refractivity contribution in [3.8, 4) is 0 Å². The molecule has 0 amide bonds. The number of hydrogen-bond acceptors (Lipinski definition) is 3. The molecule has 2 aromatic rings. The number of thiophene rings is 1. The van der Waals surface area contributed by atoms with Crippen LogP contribution < -0.4 is 5.73 Å². The summed E-state index contributed by atoms with van der Waals surface area (Å²) in [6.07, 6.45) is 0.877. The van der Waals surface area contributed by atoms with Crippen molar-refractivity contribution in [3.05, 3.63) is 51.5 Å². The molecule has 0 aliphatic carbocycles. The van der Waals surface area contributed by atoms with Gasteiger partial charge in [0.25, 0.3) is 0 Å². The average Bonchev–Trinajstić information content (AvgIpc) is 2.76. The van der Waals surface area contributed by atoms with E-state index < -0.39 is 5.82 Å². The van der Waals surface area contributed by atoms with Crippen LogP contribution in [0.15, 0.2) is 30.3 Å². The fourth-order valence-corrected chi connectivity index (χ4v) is 2.44. The van der Waals surface area contributed by atoms with Crippen molar-refractivity contribution in [2.24, 2.45) is 0 Å². The normalized spacial score (nSPS) is 10.5. The Morgan fingerprint density at radius 3 is 2.71 bits per heavy atom. The highest BCUT2D eigenvalue weighted by atomic mass is 32.1. The SMILES string of the molecule is CCc1ccc(C(=O)c2ccc(N)cc2F)s1. The standard InChI is InChI=1S/C13H12FNOS/c1-2-9-4-6-12(17-9)13(16)10-5-3-8(15)7-11(10)14/h3-7H,2,15H2,1H3. The number of nitrogen functional groups attached to an aromatic ring is 1. The van der Waals surface area contributed by atoms with Crippen molar-refractivity contribution < 1.29 is 9.18 Å². The molecule has 0 atom stereocenters. The molecule has 88 valence electrons. The number of aryl methyl sites for hydroxylation is 1. The number of carbonyl (C=O) groups is 1. The molecule has 17 heavy (non-hydrogen) atoms. The Labute approximate surface area is 103 Å². The molecule has 0 aliphatic heterocycles. The van der Waals surface area contributed by atoms with Gasteiger partial charge >= 0.3 is 0 Å². The number of rotatable bonds is 3. The monoisotopic (exact) mass is 249 g/mol. The van der Waals surface area contributed by atoms with Crippen LogP contribution >= 0.6 is 11.3 Å². The van der Waals surface area contributed by atoms with Gasteiger partial charge in [-0.3, -0.25) is 4.79 Å². The molecule has 4 heteroatoms. The first-order valence-corrected chi connectivity index (χ1v) is 6.12. The molecule has 0 saturated heterocycles. The minimum absolute atomic E-state index is 0.0729. The molecule has 1 aromatic heterocycles. The first kappa shape index (κ1) is 11.8. The first-order chi connectivity index (χ1) is 8.11. The summed E-state index contributed by atoms with van der Waals surface area (Å²) in [6, 6.07) is 7.76. The van der Waals surface area contributed by atoms with Crippen molar-refractivity contribution in [2.45, 2.75) is 13.3 Å². The largest absolute Gasteiger partial charge is 0.399 e. The predicted octanol–water partition coefficient (Wildman–Crippen LogP) is 3.26. The maximum atomic E-state index is 13.6. The number of halogens is 1. The highest BCUT2D eigenvalue weighted by Crippen LogP contribution is 2.22. The van der Waals surface area contributed by atoms with Crippen LogP contribution in [0.25, 0.3) is 0 Å². The Morgan fingerprint density at radius 1 is 1.35 bits per heavy atom. The fraction of sp³-hybridized carbons (Fsp3) is 0.154. The molecule has 2 nitrogen and oxygen atoms in total. The summed E-state index contributed by atoms with van der Waals surface area (Å²) in [6.45, 7) is 2.02. The van der Waals surface area contributed by atoms with E-state index in [-0.39, 0.29) is 11.3 Å². The Hall–Kier alpha value is -1.68. The lowest BCUT2D eigenvalue weighted by Crippen LogP contribution is -2.02. The Kier molecular flexibility index (Phi) is 3.24. The molecule has 0 bridgehead atoms. The van der Waals surface area contributed by atoms with Gasteiger partial charge in [0.05, 0.1) is 10.4 Å². The molecule has 1 aromatic carbocycles. The van der Waals surface area contributed by atoms with E-state index in [4.69, 9.17) is 5.73 Å². The summed E-state index contributed by atoms with van der Waals surface area (Å²) < 4.78 is 13.6. The molecule has 2 N–H and O–H groups in total. The van der Waals surface area contributed by atoms with Gasteiger partial charge in [-0.25, -0.2) is 4.39 Å². The lowest BCUT2D eigenvalue weighted by molar-refractivity contribution is 0.103. The summed E-state index contributed by atoms with van der Waals surface area (Å²) in [5.41, 5.74) is 5.84. The molecule has 2 rings (SSSR count). The second-order valence-corrected chi connectivity index (χ2v) is 4.86. The van der Waals surface area contributed by atoms with Gasteiger partial charge in [-0.2, -0.15) is 0 Å². The zero-order valence-corrected chi connectivity index (χ0v) is 10.2. The van der Waals surface area contributed by atoms with Crippen LogP contribution in [-0.4, -0.2) is 5.78 Å². The minimum atomic E-state index is -0.568. The smallest absolute Gasteiger partial charge is 0.205 e. The third-order valence-electron chi connectivity index (χ3n) is 2.47. The fourth-order valence-electron chi connectivity index (χ4n) is 1.54. The third-order valence-corrected chi connectivity index (χ3v) is 3.70. The molecule has 1 heterocycles. The summed E-state index contributed by atoms with van der Waals surface area (Å²) in [4.78, 5) is 13.7. The summed E-state index contributed by atoms with van der Waals surface area (Å²) in [5.74, 6) is -0.853. The van der Waals surface area contributed by atoms with Gasteiger partial charge in [-0.15, -0.1) is 11.3 Å². The van der Waals surface area contributed by atoms with E-state index in [9.17, 15) is 9.18 Å². The van der Waals surface area contributed by atoms with E-state index in [0.717, 1.165) is 11.3 Å². The van der Waals surface area contributed by atoms with Crippen molar-refractivity contribution in [1.82, 2.24) is 0 Å².